The number of hydrogen-bond donors (Lipinski definition) is 3. The average molecular weight is 257 g/mol. The summed E-state index contributed by atoms with van der Waals surface area (Å²) in [5.74, 6) is -1.79. The Bertz CT molecular complexity index is 332. The first-order chi connectivity index (χ1) is 8.56. The minimum absolute atomic E-state index is 0.185. The van der Waals surface area contributed by atoms with Crippen LogP contribution in [-0.4, -0.2) is 53.5 Å². The Balaban J connectivity index is 2.61. The zero-order valence-corrected chi connectivity index (χ0v) is 10.2. The molecule has 0 spiro atoms. The van der Waals surface area contributed by atoms with Crippen molar-refractivity contribution in [1.29, 1.82) is 0 Å². The van der Waals surface area contributed by atoms with E-state index in [9.17, 15) is 14.4 Å². The number of nitrogens with one attached hydrogen (secondary N) is 1. The van der Waals surface area contributed by atoms with E-state index >= 15 is 0 Å². The van der Waals surface area contributed by atoms with Crippen LogP contribution in [0.5, 0.6) is 0 Å². The number of rotatable bonds is 4. The van der Waals surface area contributed by atoms with Gasteiger partial charge in [-0.05, 0) is 12.8 Å². The standard InChI is InChI=1S/C11H19N3O4/c12-6-9(15)13-7-10(16)14-5-3-1-2-4-8(14)11(17)18/h8H,1-7,12H2,(H,13,15)(H,17,18). The maximum Gasteiger partial charge on any atom is 0.326 e. The highest BCUT2D eigenvalue weighted by Crippen LogP contribution is 2.17. The highest BCUT2D eigenvalue weighted by atomic mass is 16.4. The molecule has 1 unspecified atom stereocenters. The fourth-order valence-corrected chi connectivity index (χ4v) is 2.01. The minimum Gasteiger partial charge on any atom is -0.480 e. The van der Waals surface area contributed by atoms with E-state index in [1.165, 1.54) is 4.90 Å². The van der Waals surface area contributed by atoms with Gasteiger partial charge in [0.2, 0.25) is 11.8 Å². The fraction of sp³-hybridized carbons (Fsp3) is 0.727. The molecule has 0 bridgehead atoms. The second-order valence-corrected chi connectivity index (χ2v) is 4.27. The van der Waals surface area contributed by atoms with Crippen molar-refractivity contribution in [3.63, 3.8) is 0 Å². The summed E-state index contributed by atoms with van der Waals surface area (Å²) in [5.41, 5.74) is 5.11. The van der Waals surface area contributed by atoms with E-state index in [-0.39, 0.29) is 19.0 Å². The van der Waals surface area contributed by atoms with Crippen molar-refractivity contribution in [1.82, 2.24) is 10.2 Å². The van der Waals surface area contributed by atoms with Gasteiger partial charge in [0, 0.05) is 6.54 Å². The summed E-state index contributed by atoms with van der Waals surface area (Å²) in [6, 6.07) is -0.783. The number of carboxylic acid groups (broad SMARTS) is 1. The smallest absolute Gasteiger partial charge is 0.326 e. The first-order valence-corrected chi connectivity index (χ1v) is 6.05. The monoisotopic (exact) mass is 257 g/mol. The number of carbonyl (C=O) groups is 3. The second-order valence-electron chi connectivity index (χ2n) is 4.27. The van der Waals surface area contributed by atoms with Crippen LogP contribution in [0.1, 0.15) is 25.7 Å². The molecule has 0 saturated carbocycles. The Morgan fingerprint density at radius 1 is 1.28 bits per heavy atom. The number of aliphatic carboxylic acids is 1. The molecular weight excluding hydrogens is 238 g/mol. The molecule has 1 atom stereocenters. The largest absolute Gasteiger partial charge is 0.480 e. The van der Waals surface area contributed by atoms with Crippen molar-refractivity contribution in [3.8, 4) is 0 Å². The Hall–Kier alpha value is -1.63. The third-order valence-corrected chi connectivity index (χ3v) is 2.98. The van der Waals surface area contributed by atoms with Crippen LogP contribution >= 0.6 is 0 Å². The van der Waals surface area contributed by atoms with Crippen LogP contribution in [0.2, 0.25) is 0 Å². The molecule has 1 heterocycles. The molecule has 1 saturated heterocycles. The lowest BCUT2D eigenvalue weighted by Crippen LogP contribution is -2.49. The van der Waals surface area contributed by atoms with Gasteiger partial charge >= 0.3 is 5.97 Å². The van der Waals surface area contributed by atoms with Gasteiger partial charge in [0.1, 0.15) is 6.04 Å². The Morgan fingerprint density at radius 2 is 2.00 bits per heavy atom. The minimum atomic E-state index is -0.990. The SMILES string of the molecule is NCC(=O)NCC(=O)N1CCCCCC1C(=O)O. The van der Waals surface area contributed by atoms with Crippen molar-refractivity contribution in [2.45, 2.75) is 31.7 Å². The molecule has 0 aromatic rings. The molecule has 2 amide bonds. The predicted octanol–water partition coefficient (Wildman–Crippen LogP) is -1.08. The lowest BCUT2D eigenvalue weighted by molar-refractivity contribution is -0.150. The summed E-state index contributed by atoms with van der Waals surface area (Å²) in [6.07, 6.45) is 2.98. The Kier molecular flexibility index (Phi) is 5.57. The molecule has 7 heteroatoms. The molecule has 0 radical (unpaired) electrons. The first kappa shape index (κ1) is 14.4. The van der Waals surface area contributed by atoms with Crippen molar-refractivity contribution in [3.05, 3.63) is 0 Å². The maximum absolute atomic E-state index is 11.9. The van der Waals surface area contributed by atoms with Crippen molar-refractivity contribution < 1.29 is 19.5 Å². The van der Waals surface area contributed by atoms with Gasteiger partial charge in [0.05, 0.1) is 13.1 Å². The third-order valence-electron chi connectivity index (χ3n) is 2.98. The quantitative estimate of drug-likeness (QED) is 0.592. The van der Waals surface area contributed by atoms with Crippen LogP contribution in [0, 0.1) is 0 Å². The third kappa shape index (κ3) is 3.99. The van der Waals surface area contributed by atoms with Crippen LogP contribution in [0.3, 0.4) is 0 Å². The number of nitrogens with zero attached hydrogens (tertiary/aromatic N) is 1. The molecule has 1 fully saturated rings. The van der Waals surface area contributed by atoms with Crippen molar-refractivity contribution in [2.75, 3.05) is 19.6 Å². The number of carboxylic acids is 1. The summed E-state index contributed by atoms with van der Waals surface area (Å²) < 4.78 is 0. The van der Waals surface area contributed by atoms with Crippen LogP contribution < -0.4 is 11.1 Å². The van der Waals surface area contributed by atoms with Gasteiger partial charge in [-0.25, -0.2) is 4.79 Å². The van der Waals surface area contributed by atoms with Gasteiger partial charge in [0.25, 0.3) is 0 Å². The van der Waals surface area contributed by atoms with Gasteiger partial charge in [-0.2, -0.15) is 0 Å². The molecule has 102 valence electrons. The van der Waals surface area contributed by atoms with E-state index < -0.39 is 17.9 Å². The summed E-state index contributed by atoms with van der Waals surface area (Å²) in [4.78, 5) is 35.3. The molecule has 0 aromatic carbocycles. The fourth-order valence-electron chi connectivity index (χ4n) is 2.01. The lowest BCUT2D eigenvalue weighted by atomic mass is 10.1. The number of nitrogens with two attached hydrogens (primary N) is 1. The molecule has 1 aliphatic heterocycles. The summed E-state index contributed by atoms with van der Waals surface area (Å²) >= 11 is 0. The van der Waals surface area contributed by atoms with Gasteiger partial charge in [-0.1, -0.05) is 12.8 Å². The highest BCUT2D eigenvalue weighted by molar-refractivity contribution is 5.88. The lowest BCUT2D eigenvalue weighted by Gasteiger charge is -2.27. The van der Waals surface area contributed by atoms with E-state index in [1.54, 1.807) is 0 Å². The van der Waals surface area contributed by atoms with Crippen LogP contribution in [-0.2, 0) is 14.4 Å². The summed E-state index contributed by atoms with van der Waals surface area (Å²) in [5, 5.41) is 11.5. The van der Waals surface area contributed by atoms with Gasteiger partial charge < -0.3 is 21.1 Å². The number of hydrogen-bond acceptors (Lipinski definition) is 4. The van der Waals surface area contributed by atoms with Gasteiger partial charge in [-0.15, -0.1) is 0 Å². The van der Waals surface area contributed by atoms with Gasteiger partial charge in [-0.3, -0.25) is 9.59 Å². The highest BCUT2D eigenvalue weighted by Gasteiger charge is 2.30. The molecule has 7 nitrogen and oxygen atoms in total. The number of amides is 2. The number of likely N-dealkylation sites (tertiary alicyclic amines) is 1. The summed E-state index contributed by atoms with van der Waals surface area (Å²) in [6.45, 7) is 0.0454. The second kappa shape index (κ2) is 6.95. The van der Waals surface area contributed by atoms with E-state index in [1.807, 2.05) is 0 Å². The first-order valence-electron chi connectivity index (χ1n) is 6.05. The van der Waals surface area contributed by atoms with E-state index in [4.69, 9.17) is 10.8 Å². The van der Waals surface area contributed by atoms with Crippen LogP contribution in [0.15, 0.2) is 0 Å². The average Bonchev–Trinajstić information content (AvgIpc) is 2.60. The predicted molar refractivity (Wildman–Crippen MR) is 63.7 cm³/mol. The summed E-state index contributed by atoms with van der Waals surface area (Å²) in [7, 11) is 0. The topological polar surface area (TPSA) is 113 Å². The van der Waals surface area contributed by atoms with Crippen molar-refractivity contribution >= 4 is 17.8 Å². The Labute approximate surface area is 105 Å². The molecule has 1 aliphatic rings. The molecule has 1 rings (SSSR count). The molecule has 4 N–H and O–H groups in total. The van der Waals surface area contributed by atoms with Crippen molar-refractivity contribution in [2.24, 2.45) is 5.73 Å². The van der Waals surface area contributed by atoms with E-state index in [0.29, 0.717) is 13.0 Å². The van der Waals surface area contributed by atoms with Crippen LogP contribution in [0.4, 0.5) is 0 Å². The molecule has 0 aliphatic carbocycles. The normalized spacial score (nSPS) is 20.1. The zero-order valence-electron chi connectivity index (χ0n) is 10.2. The Morgan fingerprint density at radius 3 is 2.61 bits per heavy atom. The maximum atomic E-state index is 11.9. The zero-order chi connectivity index (χ0) is 13.5. The molecule has 0 aromatic heterocycles. The number of carbonyl (C=O) groups excluding carboxylic acids is 2. The van der Waals surface area contributed by atoms with Crippen LogP contribution in [0.25, 0.3) is 0 Å². The van der Waals surface area contributed by atoms with Gasteiger partial charge in [0.15, 0.2) is 0 Å². The van der Waals surface area contributed by atoms with E-state index in [0.717, 1.165) is 19.3 Å². The molecular formula is C11H19N3O4. The van der Waals surface area contributed by atoms with E-state index in [2.05, 4.69) is 5.32 Å². The molecule has 18 heavy (non-hydrogen) atoms.